The minimum atomic E-state index is -0.774. The third-order valence-electron chi connectivity index (χ3n) is 14.5. The number of esters is 3. The van der Waals surface area contributed by atoms with Crippen molar-refractivity contribution < 1.29 is 28.6 Å². The van der Waals surface area contributed by atoms with E-state index in [1.807, 2.05) is 0 Å². The molecule has 0 aromatic heterocycles. The lowest BCUT2D eigenvalue weighted by Crippen LogP contribution is -2.30. The molecule has 0 saturated carbocycles. The minimum Gasteiger partial charge on any atom is -0.462 e. The molecule has 436 valence electrons. The Balaban J connectivity index is 4.24. The van der Waals surface area contributed by atoms with Crippen molar-refractivity contribution in [1.82, 2.24) is 0 Å². The van der Waals surface area contributed by atoms with E-state index in [-0.39, 0.29) is 31.1 Å². The van der Waals surface area contributed by atoms with E-state index >= 15 is 0 Å². The van der Waals surface area contributed by atoms with Gasteiger partial charge in [-0.2, -0.15) is 0 Å². The predicted octanol–water partition coefficient (Wildman–Crippen LogP) is 22.3. The smallest absolute Gasteiger partial charge is 0.306 e. The van der Waals surface area contributed by atoms with Crippen molar-refractivity contribution in [3.8, 4) is 0 Å². The molecule has 0 aliphatic heterocycles. The Kier molecular flexibility index (Phi) is 61.2. The number of hydrogen-bond acceptors (Lipinski definition) is 6. The van der Waals surface area contributed by atoms with E-state index in [0.29, 0.717) is 19.3 Å². The molecule has 1 unspecified atom stereocenters. The van der Waals surface area contributed by atoms with Gasteiger partial charge in [-0.3, -0.25) is 14.4 Å². The third kappa shape index (κ3) is 61.8. The molecular weight excluding hydrogens is 925 g/mol. The van der Waals surface area contributed by atoms with Crippen molar-refractivity contribution >= 4 is 17.9 Å². The van der Waals surface area contributed by atoms with E-state index in [4.69, 9.17) is 14.2 Å². The zero-order chi connectivity index (χ0) is 54.3. The van der Waals surface area contributed by atoms with Crippen LogP contribution in [0.5, 0.6) is 0 Å². The summed E-state index contributed by atoms with van der Waals surface area (Å²) in [7, 11) is 0. The fourth-order valence-corrected chi connectivity index (χ4v) is 9.61. The Morgan fingerprint density at radius 2 is 0.520 bits per heavy atom. The van der Waals surface area contributed by atoms with Crippen LogP contribution in [-0.2, 0) is 28.6 Å². The first-order valence-electron chi connectivity index (χ1n) is 32.8. The van der Waals surface area contributed by atoms with Crippen LogP contribution in [0.2, 0.25) is 0 Å². The van der Waals surface area contributed by atoms with Gasteiger partial charge in [0.1, 0.15) is 13.2 Å². The number of unbranched alkanes of at least 4 members (excludes halogenated alkanes) is 39. The standard InChI is InChI=1S/C69H124O6/c1-4-7-10-13-16-19-22-24-26-28-30-32-33-34-35-37-38-40-42-44-47-50-53-56-59-62-68(71)74-65-66(64-73-67(70)61-58-55-52-49-46-21-18-15-12-9-6-3)75-69(72)63-60-57-54-51-48-45-43-41-39-36-31-29-27-25-23-20-17-14-11-8-5-2/h7,10,16,19,24,26,29-32,66H,4-6,8-9,11-15,17-18,20-23,25,27-28,33-65H2,1-3H3/b10-7-,19-16-,26-24-,31-29-,32-30-. The van der Waals surface area contributed by atoms with E-state index in [2.05, 4.69) is 81.5 Å². The Labute approximate surface area is 466 Å². The molecule has 0 spiro atoms. The molecule has 0 rings (SSSR count). The van der Waals surface area contributed by atoms with Crippen LogP contribution in [0.4, 0.5) is 0 Å². The summed E-state index contributed by atoms with van der Waals surface area (Å²) >= 11 is 0. The van der Waals surface area contributed by atoms with Gasteiger partial charge in [0, 0.05) is 19.3 Å². The van der Waals surface area contributed by atoms with E-state index in [1.165, 1.54) is 218 Å². The summed E-state index contributed by atoms with van der Waals surface area (Å²) in [5.41, 5.74) is 0. The van der Waals surface area contributed by atoms with Gasteiger partial charge in [0.25, 0.3) is 0 Å². The van der Waals surface area contributed by atoms with Crippen LogP contribution in [-0.4, -0.2) is 37.2 Å². The highest BCUT2D eigenvalue weighted by atomic mass is 16.6. The van der Waals surface area contributed by atoms with Crippen LogP contribution < -0.4 is 0 Å². The monoisotopic (exact) mass is 1050 g/mol. The van der Waals surface area contributed by atoms with Crippen LogP contribution in [0.1, 0.15) is 342 Å². The number of rotatable bonds is 60. The van der Waals surface area contributed by atoms with Gasteiger partial charge in [-0.15, -0.1) is 0 Å². The number of ether oxygens (including phenoxy) is 3. The second kappa shape index (κ2) is 63.6. The van der Waals surface area contributed by atoms with E-state index in [9.17, 15) is 14.4 Å². The van der Waals surface area contributed by atoms with Gasteiger partial charge in [-0.1, -0.05) is 300 Å². The number of allylic oxidation sites excluding steroid dienone is 10. The Morgan fingerprint density at radius 3 is 0.827 bits per heavy atom. The summed E-state index contributed by atoms with van der Waals surface area (Å²) < 4.78 is 16.9. The van der Waals surface area contributed by atoms with Crippen LogP contribution >= 0.6 is 0 Å². The van der Waals surface area contributed by atoms with E-state index in [1.54, 1.807) is 0 Å². The minimum absolute atomic E-state index is 0.0713. The van der Waals surface area contributed by atoms with Gasteiger partial charge in [0.2, 0.25) is 0 Å². The van der Waals surface area contributed by atoms with Gasteiger partial charge in [0.15, 0.2) is 6.10 Å². The maximum atomic E-state index is 12.9. The van der Waals surface area contributed by atoms with E-state index in [0.717, 1.165) is 83.5 Å². The maximum Gasteiger partial charge on any atom is 0.306 e. The van der Waals surface area contributed by atoms with Crippen LogP contribution in [0.15, 0.2) is 60.8 Å². The molecule has 75 heavy (non-hydrogen) atoms. The lowest BCUT2D eigenvalue weighted by Gasteiger charge is -2.18. The van der Waals surface area contributed by atoms with Gasteiger partial charge in [0.05, 0.1) is 0 Å². The molecule has 0 aliphatic rings. The molecule has 0 amide bonds. The molecule has 0 radical (unpaired) electrons. The van der Waals surface area contributed by atoms with Crippen LogP contribution in [0.25, 0.3) is 0 Å². The summed E-state index contributed by atoms with van der Waals surface area (Å²) in [5.74, 6) is -0.857. The van der Waals surface area contributed by atoms with Gasteiger partial charge in [-0.05, 0) is 83.5 Å². The summed E-state index contributed by atoms with van der Waals surface area (Å²) in [6, 6.07) is 0. The summed E-state index contributed by atoms with van der Waals surface area (Å²) in [6.45, 7) is 6.57. The first-order chi connectivity index (χ1) is 37.0. The van der Waals surface area contributed by atoms with Gasteiger partial charge >= 0.3 is 17.9 Å². The molecule has 0 aromatic rings. The van der Waals surface area contributed by atoms with E-state index < -0.39 is 6.10 Å². The highest BCUT2D eigenvalue weighted by Crippen LogP contribution is 2.17. The molecule has 0 aromatic carbocycles. The van der Waals surface area contributed by atoms with Crippen molar-refractivity contribution in [2.45, 2.75) is 348 Å². The Hall–Kier alpha value is -2.89. The first kappa shape index (κ1) is 72.1. The summed E-state index contributed by atoms with van der Waals surface area (Å²) in [6.07, 6.45) is 80.9. The van der Waals surface area contributed by atoms with Crippen molar-refractivity contribution in [1.29, 1.82) is 0 Å². The third-order valence-corrected chi connectivity index (χ3v) is 14.5. The zero-order valence-electron chi connectivity index (χ0n) is 50.1. The largest absolute Gasteiger partial charge is 0.462 e. The van der Waals surface area contributed by atoms with Gasteiger partial charge in [-0.25, -0.2) is 0 Å². The highest BCUT2D eigenvalue weighted by molar-refractivity contribution is 5.71. The molecule has 0 aliphatic carbocycles. The SMILES string of the molecule is CC/C=C\C/C=C\C/C=C\C/C=C\CCCCCCCCCCCCCCC(=O)OCC(COC(=O)CCCCCCCCCCCCC)OC(=O)CCCCCCCCCCC/C=C\CCCCCCCCCC. The number of hydrogen-bond donors (Lipinski definition) is 0. The Bertz CT molecular complexity index is 1340. The predicted molar refractivity (Wildman–Crippen MR) is 325 cm³/mol. The van der Waals surface area contributed by atoms with Crippen molar-refractivity contribution in [2.75, 3.05) is 13.2 Å². The zero-order valence-corrected chi connectivity index (χ0v) is 50.1. The van der Waals surface area contributed by atoms with Crippen molar-refractivity contribution in [2.24, 2.45) is 0 Å². The molecule has 0 fully saturated rings. The average molecular weight is 1050 g/mol. The molecule has 0 bridgehead atoms. The van der Waals surface area contributed by atoms with Crippen molar-refractivity contribution in [3.63, 3.8) is 0 Å². The molecule has 6 nitrogen and oxygen atoms in total. The Morgan fingerprint density at radius 1 is 0.280 bits per heavy atom. The molecule has 6 heteroatoms. The number of carbonyl (C=O) groups excluding carboxylic acids is 3. The highest BCUT2D eigenvalue weighted by Gasteiger charge is 2.19. The van der Waals surface area contributed by atoms with Crippen LogP contribution in [0.3, 0.4) is 0 Å². The molecule has 1 atom stereocenters. The topological polar surface area (TPSA) is 78.9 Å². The lowest BCUT2D eigenvalue weighted by molar-refractivity contribution is -0.167. The summed E-state index contributed by atoms with van der Waals surface area (Å²) in [5, 5.41) is 0. The van der Waals surface area contributed by atoms with Crippen LogP contribution in [0, 0.1) is 0 Å². The maximum absolute atomic E-state index is 12.9. The molecular formula is C69H124O6. The van der Waals surface area contributed by atoms with Crippen molar-refractivity contribution in [3.05, 3.63) is 60.8 Å². The number of carbonyl (C=O) groups is 3. The second-order valence-electron chi connectivity index (χ2n) is 22.0. The first-order valence-corrected chi connectivity index (χ1v) is 32.8. The second-order valence-corrected chi connectivity index (χ2v) is 22.0. The average Bonchev–Trinajstić information content (AvgIpc) is 3.41. The normalized spacial score (nSPS) is 12.4. The fourth-order valence-electron chi connectivity index (χ4n) is 9.61. The molecule has 0 heterocycles. The molecule has 0 N–H and O–H groups in total. The lowest BCUT2D eigenvalue weighted by atomic mass is 10.0. The molecule has 0 saturated heterocycles. The van der Waals surface area contributed by atoms with Gasteiger partial charge < -0.3 is 14.2 Å². The fraction of sp³-hybridized carbons (Fsp3) is 0.812. The summed E-state index contributed by atoms with van der Waals surface area (Å²) in [4.78, 5) is 38.3. The quantitative estimate of drug-likeness (QED) is 0.0261.